The molecular formula is C20H28O5S. The first-order chi connectivity index (χ1) is 12.4. The molecule has 1 aliphatic rings. The SMILES string of the molecule is CC(C)[C@@H]1CC[C@@H](C)C[C@@H]1OC(=O)COC(=O)CCC(=O)c1cccs1. The number of Topliss-reactive ketones (excluding diaryl/α,β-unsaturated/α-hetero) is 1. The summed E-state index contributed by atoms with van der Waals surface area (Å²) in [6.45, 7) is 6.07. The highest BCUT2D eigenvalue weighted by Crippen LogP contribution is 2.35. The number of hydrogen-bond acceptors (Lipinski definition) is 6. The Hall–Kier alpha value is -1.69. The molecule has 1 saturated carbocycles. The van der Waals surface area contributed by atoms with E-state index in [0.717, 1.165) is 19.3 Å². The zero-order valence-electron chi connectivity index (χ0n) is 15.7. The van der Waals surface area contributed by atoms with Gasteiger partial charge in [0, 0.05) is 6.42 Å². The van der Waals surface area contributed by atoms with Crippen LogP contribution in [-0.4, -0.2) is 30.4 Å². The average Bonchev–Trinajstić information content (AvgIpc) is 3.12. The lowest BCUT2D eigenvalue weighted by Gasteiger charge is -2.36. The molecule has 1 aliphatic carbocycles. The van der Waals surface area contributed by atoms with Gasteiger partial charge in [0.05, 0.1) is 11.3 Å². The normalized spacial score (nSPS) is 22.8. The molecule has 0 spiro atoms. The van der Waals surface area contributed by atoms with Gasteiger partial charge in [0.2, 0.25) is 0 Å². The highest BCUT2D eigenvalue weighted by molar-refractivity contribution is 7.12. The second-order valence-electron chi connectivity index (χ2n) is 7.42. The van der Waals surface area contributed by atoms with Crippen LogP contribution >= 0.6 is 11.3 Å². The molecule has 0 saturated heterocycles. The maximum atomic E-state index is 12.1. The summed E-state index contributed by atoms with van der Waals surface area (Å²) in [5.41, 5.74) is 0. The zero-order chi connectivity index (χ0) is 19.1. The summed E-state index contributed by atoms with van der Waals surface area (Å²) < 4.78 is 10.6. The van der Waals surface area contributed by atoms with Crippen molar-refractivity contribution in [3.8, 4) is 0 Å². The van der Waals surface area contributed by atoms with E-state index in [1.165, 1.54) is 11.3 Å². The van der Waals surface area contributed by atoms with Crippen LogP contribution in [0.25, 0.3) is 0 Å². The molecule has 0 unspecified atom stereocenters. The van der Waals surface area contributed by atoms with Crippen molar-refractivity contribution in [2.24, 2.45) is 17.8 Å². The van der Waals surface area contributed by atoms with Crippen molar-refractivity contribution in [1.82, 2.24) is 0 Å². The fourth-order valence-electron chi connectivity index (χ4n) is 3.44. The fourth-order valence-corrected chi connectivity index (χ4v) is 4.14. The third-order valence-electron chi connectivity index (χ3n) is 4.95. The largest absolute Gasteiger partial charge is 0.460 e. The Balaban J connectivity index is 1.71. The van der Waals surface area contributed by atoms with E-state index in [2.05, 4.69) is 20.8 Å². The Labute approximate surface area is 159 Å². The van der Waals surface area contributed by atoms with Crippen LogP contribution in [0.15, 0.2) is 17.5 Å². The first-order valence-corrected chi connectivity index (χ1v) is 10.2. The first-order valence-electron chi connectivity index (χ1n) is 9.28. The van der Waals surface area contributed by atoms with Crippen molar-refractivity contribution >= 4 is 29.1 Å². The number of ketones is 1. The highest BCUT2D eigenvalue weighted by Gasteiger charge is 2.33. The van der Waals surface area contributed by atoms with Gasteiger partial charge in [0.25, 0.3) is 0 Å². The van der Waals surface area contributed by atoms with Gasteiger partial charge in [-0.3, -0.25) is 9.59 Å². The third-order valence-corrected chi connectivity index (χ3v) is 5.86. The van der Waals surface area contributed by atoms with Gasteiger partial charge < -0.3 is 9.47 Å². The van der Waals surface area contributed by atoms with Crippen LogP contribution < -0.4 is 0 Å². The molecule has 1 fully saturated rings. The number of thiophene rings is 1. The lowest BCUT2D eigenvalue weighted by Crippen LogP contribution is -2.36. The van der Waals surface area contributed by atoms with E-state index in [9.17, 15) is 14.4 Å². The second-order valence-corrected chi connectivity index (χ2v) is 8.36. The van der Waals surface area contributed by atoms with E-state index in [4.69, 9.17) is 9.47 Å². The standard InChI is InChI=1S/C20H28O5S/c1-13(2)15-7-6-14(3)11-17(15)25-20(23)12-24-19(22)9-8-16(21)18-5-4-10-26-18/h4-5,10,13-15,17H,6-9,11-12H2,1-3H3/t14-,15+,17+/m1/s1. The Morgan fingerprint density at radius 3 is 2.62 bits per heavy atom. The molecule has 0 aliphatic heterocycles. The summed E-state index contributed by atoms with van der Waals surface area (Å²) >= 11 is 1.35. The summed E-state index contributed by atoms with van der Waals surface area (Å²) in [7, 11) is 0. The van der Waals surface area contributed by atoms with E-state index in [1.807, 2.05) is 5.38 Å². The molecule has 26 heavy (non-hydrogen) atoms. The monoisotopic (exact) mass is 380 g/mol. The fraction of sp³-hybridized carbons (Fsp3) is 0.650. The van der Waals surface area contributed by atoms with Crippen molar-refractivity contribution in [3.05, 3.63) is 22.4 Å². The molecule has 1 aromatic rings. The Kier molecular flexibility index (Phi) is 7.82. The molecular weight excluding hydrogens is 352 g/mol. The summed E-state index contributed by atoms with van der Waals surface area (Å²) in [6, 6.07) is 3.52. The maximum Gasteiger partial charge on any atom is 0.344 e. The minimum Gasteiger partial charge on any atom is -0.460 e. The van der Waals surface area contributed by atoms with Crippen LogP contribution in [0.5, 0.6) is 0 Å². The summed E-state index contributed by atoms with van der Waals surface area (Å²) in [4.78, 5) is 36.3. The second kappa shape index (κ2) is 9.86. The van der Waals surface area contributed by atoms with Crippen LogP contribution in [0.3, 0.4) is 0 Å². The topological polar surface area (TPSA) is 69.7 Å². The van der Waals surface area contributed by atoms with Crippen LogP contribution in [0, 0.1) is 17.8 Å². The molecule has 0 aromatic carbocycles. The molecule has 0 bridgehead atoms. The average molecular weight is 381 g/mol. The van der Waals surface area contributed by atoms with Crippen LogP contribution in [0.1, 0.15) is 62.5 Å². The van der Waals surface area contributed by atoms with E-state index in [-0.39, 0.29) is 31.3 Å². The van der Waals surface area contributed by atoms with Crippen LogP contribution in [-0.2, 0) is 19.1 Å². The molecule has 5 nitrogen and oxygen atoms in total. The van der Waals surface area contributed by atoms with E-state index >= 15 is 0 Å². The molecule has 144 valence electrons. The Bertz CT molecular complexity index is 608. The van der Waals surface area contributed by atoms with Gasteiger partial charge in [-0.15, -0.1) is 11.3 Å². The molecule has 1 heterocycles. The summed E-state index contributed by atoms with van der Waals surface area (Å²) in [5.74, 6) is 0.196. The number of carbonyl (C=O) groups excluding carboxylic acids is 3. The minimum absolute atomic E-state index is 0.0287. The molecule has 3 atom stereocenters. The van der Waals surface area contributed by atoms with E-state index < -0.39 is 11.9 Å². The number of rotatable bonds is 8. The highest BCUT2D eigenvalue weighted by atomic mass is 32.1. The predicted octanol–water partition coefficient (Wildman–Crippen LogP) is 4.26. The van der Waals surface area contributed by atoms with E-state index in [1.54, 1.807) is 12.1 Å². The first kappa shape index (κ1) is 20.6. The maximum absolute atomic E-state index is 12.1. The van der Waals surface area contributed by atoms with Crippen molar-refractivity contribution in [2.75, 3.05) is 6.61 Å². The molecule has 6 heteroatoms. The van der Waals surface area contributed by atoms with Gasteiger partial charge in [-0.1, -0.05) is 33.3 Å². The number of hydrogen-bond donors (Lipinski definition) is 0. The van der Waals surface area contributed by atoms with Gasteiger partial charge >= 0.3 is 11.9 Å². The smallest absolute Gasteiger partial charge is 0.344 e. The molecule has 0 radical (unpaired) electrons. The van der Waals surface area contributed by atoms with Gasteiger partial charge in [-0.2, -0.15) is 0 Å². The van der Waals surface area contributed by atoms with Crippen molar-refractivity contribution in [1.29, 1.82) is 0 Å². The molecule has 2 rings (SSSR count). The van der Waals surface area contributed by atoms with Crippen LogP contribution in [0.4, 0.5) is 0 Å². The van der Waals surface area contributed by atoms with Gasteiger partial charge in [0.15, 0.2) is 12.4 Å². The quantitative estimate of drug-likeness (QED) is 0.498. The Morgan fingerprint density at radius 1 is 1.19 bits per heavy atom. The molecule has 1 aromatic heterocycles. The van der Waals surface area contributed by atoms with Crippen LogP contribution in [0.2, 0.25) is 0 Å². The van der Waals surface area contributed by atoms with Gasteiger partial charge in [-0.25, -0.2) is 4.79 Å². The Morgan fingerprint density at radius 2 is 1.96 bits per heavy atom. The molecule has 0 N–H and O–H groups in total. The van der Waals surface area contributed by atoms with Gasteiger partial charge in [-0.05, 0) is 42.0 Å². The zero-order valence-corrected chi connectivity index (χ0v) is 16.6. The lowest BCUT2D eigenvalue weighted by molar-refractivity contribution is -0.167. The van der Waals surface area contributed by atoms with Gasteiger partial charge in [0.1, 0.15) is 6.10 Å². The predicted molar refractivity (Wildman–Crippen MR) is 100 cm³/mol. The number of carbonyl (C=O) groups is 3. The minimum atomic E-state index is -0.552. The summed E-state index contributed by atoms with van der Waals surface area (Å²) in [6.07, 6.45) is 3.03. The number of ether oxygens (including phenoxy) is 2. The molecule has 0 amide bonds. The third kappa shape index (κ3) is 6.24. The van der Waals surface area contributed by atoms with Crippen molar-refractivity contribution in [2.45, 2.75) is 59.0 Å². The number of esters is 2. The van der Waals surface area contributed by atoms with Crippen molar-refractivity contribution < 1.29 is 23.9 Å². The summed E-state index contributed by atoms with van der Waals surface area (Å²) in [5, 5.41) is 1.82. The van der Waals surface area contributed by atoms with E-state index in [0.29, 0.717) is 22.6 Å². The van der Waals surface area contributed by atoms with Crippen molar-refractivity contribution in [3.63, 3.8) is 0 Å². The lowest BCUT2D eigenvalue weighted by atomic mass is 9.75.